The summed E-state index contributed by atoms with van der Waals surface area (Å²) in [7, 11) is -3.16. The van der Waals surface area contributed by atoms with Gasteiger partial charge in [-0.05, 0) is 25.2 Å². The number of sulfone groups is 1. The van der Waals surface area contributed by atoms with Gasteiger partial charge >= 0.3 is 0 Å². The molecule has 0 bridgehead atoms. The average molecular weight is 257 g/mol. The van der Waals surface area contributed by atoms with Gasteiger partial charge in [-0.25, -0.2) is 8.42 Å². The van der Waals surface area contributed by atoms with Crippen molar-refractivity contribution >= 4 is 9.84 Å². The number of nitrogens with zero attached hydrogens (tertiary/aromatic N) is 1. The lowest BCUT2D eigenvalue weighted by Gasteiger charge is -2.41. The molecule has 4 nitrogen and oxygen atoms in total. The first-order valence-electron chi connectivity index (χ1n) is 6.23. The molecule has 0 amide bonds. The van der Waals surface area contributed by atoms with Gasteiger partial charge in [0.2, 0.25) is 0 Å². The highest BCUT2D eigenvalue weighted by Crippen LogP contribution is 2.53. The molecule has 1 N–H and O–H groups in total. The van der Waals surface area contributed by atoms with Crippen molar-refractivity contribution in [2.24, 2.45) is 11.3 Å². The SMILES string of the molecule is CCC1CCCC1(O)C1(C#N)CCS(=O)(=O)C1. The summed E-state index contributed by atoms with van der Waals surface area (Å²) in [5.74, 6) is -0.0570. The lowest BCUT2D eigenvalue weighted by molar-refractivity contribution is -0.0758. The summed E-state index contributed by atoms with van der Waals surface area (Å²) < 4.78 is 23.3. The Kier molecular flexibility index (Phi) is 2.99. The van der Waals surface area contributed by atoms with Crippen LogP contribution < -0.4 is 0 Å². The molecule has 0 spiro atoms. The molecule has 0 aromatic carbocycles. The van der Waals surface area contributed by atoms with Crippen molar-refractivity contribution in [1.82, 2.24) is 0 Å². The molecule has 5 heteroatoms. The average Bonchev–Trinajstić information content (AvgIpc) is 2.81. The number of hydrogen-bond acceptors (Lipinski definition) is 4. The second-order valence-corrected chi connectivity index (χ2v) is 7.64. The Morgan fingerprint density at radius 3 is 2.65 bits per heavy atom. The summed E-state index contributed by atoms with van der Waals surface area (Å²) in [5.41, 5.74) is -2.16. The Balaban J connectivity index is 2.40. The molecule has 17 heavy (non-hydrogen) atoms. The first kappa shape index (κ1) is 12.8. The van der Waals surface area contributed by atoms with Gasteiger partial charge in [-0.2, -0.15) is 5.26 Å². The van der Waals surface area contributed by atoms with Crippen molar-refractivity contribution in [2.45, 2.75) is 44.6 Å². The molecule has 2 aliphatic rings. The molecule has 2 rings (SSSR count). The van der Waals surface area contributed by atoms with Gasteiger partial charge in [-0.3, -0.25) is 0 Å². The second-order valence-electron chi connectivity index (χ2n) is 5.46. The molecule has 2 fully saturated rings. The minimum Gasteiger partial charge on any atom is -0.388 e. The van der Waals surface area contributed by atoms with E-state index in [1.165, 1.54) is 0 Å². The minimum atomic E-state index is -3.16. The predicted molar refractivity (Wildman–Crippen MR) is 63.9 cm³/mol. The van der Waals surface area contributed by atoms with Crippen LogP contribution in [0.1, 0.15) is 39.0 Å². The Bertz CT molecular complexity index is 453. The quantitative estimate of drug-likeness (QED) is 0.807. The molecular formula is C12H19NO3S. The van der Waals surface area contributed by atoms with Crippen LogP contribution in [0.3, 0.4) is 0 Å². The third kappa shape index (κ3) is 1.78. The van der Waals surface area contributed by atoms with E-state index in [0.29, 0.717) is 12.8 Å². The molecule has 1 heterocycles. The van der Waals surface area contributed by atoms with Gasteiger partial charge in [0.05, 0.1) is 23.2 Å². The zero-order valence-corrected chi connectivity index (χ0v) is 11.0. The van der Waals surface area contributed by atoms with E-state index in [1.807, 2.05) is 6.92 Å². The molecule has 96 valence electrons. The van der Waals surface area contributed by atoms with Crippen LogP contribution in [0.15, 0.2) is 0 Å². The van der Waals surface area contributed by atoms with Gasteiger partial charge in [0.1, 0.15) is 5.41 Å². The zero-order chi connectivity index (χ0) is 12.7. The Labute approximate surface area is 103 Å². The molecule has 3 atom stereocenters. The van der Waals surface area contributed by atoms with Crippen molar-refractivity contribution in [3.05, 3.63) is 0 Å². The van der Waals surface area contributed by atoms with Crippen LogP contribution in [0, 0.1) is 22.7 Å². The molecule has 0 radical (unpaired) electrons. The maximum atomic E-state index is 11.6. The molecule has 1 aliphatic carbocycles. The summed E-state index contributed by atoms with van der Waals surface area (Å²) in [4.78, 5) is 0. The van der Waals surface area contributed by atoms with Gasteiger partial charge in [0.15, 0.2) is 9.84 Å². The first-order chi connectivity index (χ1) is 7.89. The molecule has 0 aromatic rings. The molecule has 3 unspecified atom stereocenters. The summed E-state index contributed by atoms with van der Waals surface area (Å²) in [6, 6.07) is 2.15. The number of aliphatic hydroxyl groups is 1. The van der Waals surface area contributed by atoms with E-state index in [4.69, 9.17) is 0 Å². The Hall–Kier alpha value is -0.600. The predicted octanol–water partition coefficient (Wildman–Crippen LogP) is 1.26. The summed E-state index contributed by atoms with van der Waals surface area (Å²) in [6.45, 7) is 2.00. The Morgan fingerprint density at radius 2 is 2.18 bits per heavy atom. The van der Waals surface area contributed by atoms with Crippen molar-refractivity contribution in [3.8, 4) is 6.07 Å². The lowest BCUT2D eigenvalue weighted by Crippen LogP contribution is -2.51. The fraction of sp³-hybridized carbons (Fsp3) is 0.917. The topological polar surface area (TPSA) is 78.2 Å². The number of hydrogen-bond donors (Lipinski definition) is 1. The normalized spacial score (nSPS) is 44.6. The zero-order valence-electron chi connectivity index (χ0n) is 10.1. The van der Waals surface area contributed by atoms with Crippen LogP contribution in [-0.2, 0) is 9.84 Å². The van der Waals surface area contributed by atoms with Crippen molar-refractivity contribution in [3.63, 3.8) is 0 Å². The first-order valence-corrected chi connectivity index (χ1v) is 8.05. The fourth-order valence-electron chi connectivity index (χ4n) is 3.61. The highest BCUT2D eigenvalue weighted by Gasteiger charge is 2.60. The highest BCUT2D eigenvalue weighted by molar-refractivity contribution is 7.91. The van der Waals surface area contributed by atoms with Crippen molar-refractivity contribution < 1.29 is 13.5 Å². The van der Waals surface area contributed by atoms with Gasteiger partial charge < -0.3 is 5.11 Å². The van der Waals surface area contributed by atoms with Crippen LogP contribution in [-0.4, -0.2) is 30.6 Å². The maximum Gasteiger partial charge on any atom is 0.152 e. The molecular weight excluding hydrogens is 238 g/mol. The maximum absolute atomic E-state index is 11.6. The van der Waals surface area contributed by atoms with Gasteiger partial charge in [-0.15, -0.1) is 0 Å². The van der Waals surface area contributed by atoms with Crippen molar-refractivity contribution in [2.75, 3.05) is 11.5 Å². The summed E-state index contributed by atoms with van der Waals surface area (Å²) >= 11 is 0. The molecule has 1 aliphatic heterocycles. The van der Waals surface area contributed by atoms with Crippen molar-refractivity contribution in [1.29, 1.82) is 5.26 Å². The van der Waals surface area contributed by atoms with Crippen LogP contribution >= 0.6 is 0 Å². The summed E-state index contributed by atoms with van der Waals surface area (Å²) in [5, 5.41) is 20.3. The third-order valence-electron chi connectivity index (χ3n) is 4.63. The van der Waals surface area contributed by atoms with E-state index in [2.05, 4.69) is 6.07 Å². The standard InChI is InChI=1S/C12H19NO3S/c1-2-10-4-3-5-12(10,14)11(8-13)6-7-17(15,16)9-11/h10,14H,2-7,9H2,1H3. The van der Waals surface area contributed by atoms with Gasteiger partial charge in [0.25, 0.3) is 0 Å². The van der Waals surface area contributed by atoms with Crippen LogP contribution in [0.2, 0.25) is 0 Å². The van der Waals surface area contributed by atoms with Crippen LogP contribution in [0.5, 0.6) is 0 Å². The lowest BCUT2D eigenvalue weighted by atomic mass is 9.66. The number of nitriles is 1. The second kappa shape index (κ2) is 3.96. The van der Waals surface area contributed by atoms with Crippen LogP contribution in [0.4, 0.5) is 0 Å². The highest BCUT2D eigenvalue weighted by atomic mass is 32.2. The van der Waals surface area contributed by atoms with Crippen LogP contribution in [0.25, 0.3) is 0 Å². The van der Waals surface area contributed by atoms with E-state index in [9.17, 15) is 18.8 Å². The third-order valence-corrected chi connectivity index (χ3v) is 6.39. The monoisotopic (exact) mass is 257 g/mol. The van der Waals surface area contributed by atoms with E-state index < -0.39 is 20.9 Å². The largest absolute Gasteiger partial charge is 0.388 e. The number of rotatable bonds is 2. The van der Waals surface area contributed by atoms with E-state index >= 15 is 0 Å². The van der Waals surface area contributed by atoms with E-state index in [-0.39, 0.29) is 17.4 Å². The smallest absolute Gasteiger partial charge is 0.152 e. The molecule has 1 saturated heterocycles. The van der Waals surface area contributed by atoms with Gasteiger partial charge in [-0.1, -0.05) is 19.8 Å². The van der Waals surface area contributed by atoms with Gasteiger partial charge in [0, 0.05) is 0 Å². The van der Waals surface area contributed by atoms with E-state index in [0.717, 1.165) is 19.3 Å². The molecule has 1 saturated carbocycles. The minimum absolute atomic E-state index is 0.0410. The van der Waals surface area contributed by atoms with E-state index in [1.54, 1.807) is 0 Å². The Morgan fingerprint density at radius 1 is 1.47 bits per heavy atom. The summed E-state index contributed by atoms with van der Waals surface area (Å²) in [6.07, 6.45) is 3.45. The molecule has 0 aromatic heterocycles. The fourth-order valence-corrected chi connectivity index (χ4v) is 5.62.